The Bertz CT molecular complexity index is 2770. The van der Waals surface area contributed by atoms with Crippen LogP contribution in [0.25, 0.3) is 0 Å². The summed E-state index contributed by atoms with van der Waals surface area (Å²) in [5.74, 6) is 20.6. The predicted octanol–water partition coefficient (Wildman–Crippen LogP) is 28.8. The van der Waals surface area contributed by atoms with Gasteiger partial charge in [0.15, 0.2) is 0 Å². The van der Waals surface area contributed by atoms with E-state index in [0.717, 1.165) is 145 Å². The standard InChI is InChI=1S/C28H44O.C15H28O.C15H26O.C15H28.C15H26.C14H24O/c1-19(2)20(3)9-10-22(5)26-15-16-27-23(8-7-17-28(26,27)6)12-13-24-18-25(29)14-11-21(24)4;2*1-11-5-4-9-15(3)13(11)6-7-14(15)12(2)8-10-16;2*1-5-11(2)13-8-9-14-12(3)7-6-10-15(13,14)4;1-10-5-4-8-14(3)12(10)6-7-13(14)11(2)9-15/h9-10,12-13,19-20,22,25-27,29H,4,7-8,11,14-18H2,1-3,5-6H3;11-14,16H,4-10H2,1-3H3;10-14H,4-9H2,1-3H3;11-14H,5-10H2,1-4H3;5,11-14H,1,6-10H2,2-4H3;9-13H,4-8H2,1-3H3/b10-9+,23-12+,24-13-;;;;;/t20-,22+,25-,26+,27-,28+;4*11-,12+,13-,14+,15-;10-,11+,12-,13+,14-/m000110/s1. The third-order valence-electron chi connectivity index (χ3n) is 37.0. The molecule has 0 unspecified atom stereocenters. The molecule has 13 rings (SSSR count). The molecule has 13 fully saturated rings. The van der Waals surface area contributed by atoms with E-state index in [9.17, 15) is 14.7 Å². The van der Waals surface area contributed by atoms with Crippen LogP contribution in [0, 0.1) is 180 Å². The van der Waals surface area contributed by atoms with E-state index < -0.39 is 0 Å². The van der Waals surface area contributed by atoms with E-state index in [1.165, 1.54) is 216 Å². The van der Waals surface area contributed by atoms with Crippen LogP contribution in [0.1, 0.15) is 377 Å². The predicted molar refractivity (Wildman–Crippen MR) is 457 cm³/mol. The van der Waals surface area contributed by atoms with Gasteiger partial charge in [0.2, 0.25) is 0 Å². The van der Waals surface area contributed by atoms with Crippen molar-refractivity contribution in [3.05, 3.63) is 60.3 Å². The number of rotatable bonds is 17. The van der Waals surface area contributed by atoms with Crippen molar-refractivity contribution in [2.75, 3.05) is 6.61 Å². The minimum absolute atomic E-state index is 0.182. The first-order chi connectivity index (χ1) is 50.2. The molecule has 0 spiro atoms. The van der Waals surface area contributed by atoms with Gasteiger partial charge in [-0.2, -0.15) is 0 Å². The van der Waals surface area contributed by atoms with Gasteiger partial charge in [-0.05, 0) is 334 Å². The number of carbonyl (C=O) groups excluding carboxylic acids is 2. The van der Waals surface area contributed by atoms with Crippen LogP contribution in [0.2, 0.25) is 0 Å². The van der Waals surface area contributed by atoms with Gasteiger partial charge in [0.05, 0.1) is 6.10 Å². The van der Waals surface area contributed by atoms with Crippen molar-refractivity contribution in [3.8, 4) is 0 Å². The second-order valence-electron chi connectivity index (χ2n) is 43.0. The van der Waals surface area contributed by atoms with Gasteiger partial charge in [-0.15, -0.1) is 6.58 Å². The van der Waals surface area contributed by atoms with Gasteiger partial charge in [0.1, 0.15) is 12.6 Å². The lowest BCUT2D eigenvalue weighted by atomic mass is 9.59. The fraction of sp³-hybridized carbons (Fsp3) is 0.882. The van der Waals surface area contributed by atoms with Crippen molar-refractivity contribution < 1.29 is 19.8 Å². The molecule has 2 N–H and O–H groups in total. The fourth-order valence-corrected chi connectivity index (χ4v) is 30.1. The summed E-state index contributed by atoms with van der Waals surface area (Å²) in [5, 5.41) is 19.2. The van der Waals surface area contributed by atoms with Gasteiger partial charge in [-0.1, -0.05) is 264 Å². The molecule has 0 aromatic heterocycles. The first-order valence-electron chi connectivity index (χ1n) is 46.7. The van der Waals surface area contributed by atoms with Crippen LogP contribution >= 0.6 is 0 Å². The Kier molecular flexibility index (Phi) is 33.2. The number of fused-ring (bicyclic) bond motifs is 6. The normalized spacial score (nSPS) is 44.2. The highest BCUT2D eigenvalue weighted by molar-refractivity contribution is 5.54. The summed E-state index contributed by atoms with van der Waals surface area (Å²) in [6.45, 7) is 59.5. The number of aldehydes is 2. The third-order valence-corrected chi connectivity index (χ3v) is 37.0. The lowest BCUT2D eigenvalue weighted by molar-refractivity contribution is -0.114. The van der Waals surface area contributed by atoms with Gasteiger partial charge in [-0.3, -0.25) is 0 Å². The Balaban J connectivity index is 0.000000164. The molecular formula is C102H176O4. The first kappa shape index (κ1) is 89.5. The molecule has 0 aromatic carbocycles. The molecule has 106 heavy (non-hydrogen) atoms. The summed E-state index contributed by atoms with van der Waals surface area (Å²) in [6.07, 6.45) is 62.1. The molecule has 4 nitrogen and oxygen atoms in total. The quantitative estimate of drug-likeness (QED) is 0.112. The van der Waals surface area contributed by atoms with Crippen molar-refractivity contribution in [1.82, 2.24) is 0 Å². The molecule has 0 amide bonds. The largest absolute Gasteiger partial charge is 0.396 e. The van der Waals surface area contributed by atoms with Crippen LogP contribution < -0.4 is 0 Å². The monoisotopic (exact) mass is 1470 g/mol. The SMILES string of the molecule is C=C1CC[C@H](O)C/C1=C/C=C1\CCC[C@]2(C)[C@@H]([C@H](C)/C=C/[C@H](C)C(C)C)CC[C@@H]12.C=C[C@@H](C)[C@H]1CC[C@H]2[C@@H](C)CCC[C@]12C.CC[C@@H](C)[C@H]1CC[C@H]2[C@@H](C)CCC[C@]12C.C[C@H](C=O)[C@H]1CC[C@H]2[C@@H](C)CCC[C@]12C.C[C@H](CC=O)[C@H]1CC[C@H]2[C@@H](C)CCC[C@]12C.C[C@H](CCO)[C@H]1CC[C@H]2[C@@H](C)CCC[C@]12C. The molecule has 0 heterocycles. The van der Waals surface area contributed by atoms with Crippen molar-refractivity contribution in [3.63, 3.8) is 0 Å². The van der Waals surface area contributed by atoms with Crippen molar-refractivity contribution in [1.29, 1.82) is 0 Å². The van der Waals surface area contributed by atoms with Crippen molar-refractivity contribution in [2.45, 2.75) is 383 Å². The maximum absolute atomic E-state index is 11.0. The van der Waals surface area contributed by atoms with Crippen LogP contribution in [0.4, 0.5) is 0 Å². The number of allylic oxidation sites excluding steroid dienone is 7. The molecule has 0 saturated heterocycles. The van der Waals surface area contributed by atoms with E-state index in [4.69, 9.17) is 5.11 Å². The van der Waals surface area contributed by atoms with E-state index in [-0.39, 0.29) is 12.0 Å². The molecular weight excluding hydrogens is 1290 g/mol. The second-order valence-corrected chi connectivity index (χ2v) is 43.0. The van der Waals surface area contributed by atoms with Gasteiger partial charge in [0.25, 0.3) is 0 Å². The van der Waals surface area contributed by atoms with Crippen LogP contribution in [-0.4, -0.2) is 35.5 Å². The van der Waals surface area contributed by atoms with E-state index in [2.05, 4.69) is 189 Å². The minimum atomic E-state index is -0.182. The Labute approximate surface area is 658 Å². The molecule has 0 aromatic rings. The topological polar surface area (TPSA) is 74.6 Å². The number of aliphatic hydroxyl groups excluding tert-OH is 2. The van der Waals surface area contributed by atoms with E-state index in [1.807, 2.05) is 0 Å². The molecule has 0 aliphatic heterocycles. The van der Waals surface area contributed by atoms with E-state index in [1.54, 1.807) is 5.57 Å². The van der Waals surface area contributed by atoms with Crippen molar-refractivity contribution in [2.24, 2.45) is 180 Å². The summed E-state index contributed by atoms with van der Waals surface area (Å²) >= 11 is 0. The summed E-state index contributed by atoms with van der Waals surface area (Å²) in [6, 6.07) is 0. The minimum Gasteiger partial charge on any atom is -0.396 e. The average Bonchev–Trinajstić information content (AvgIpc) is 1.60. The van der Waals surface area contributed by atoms with Gasteiger partial charge < -0.3 is 19.8 Å². The van der Waals surface area contributed by atoms with Gasteiger partial charge in [0, 0.05) is 18.9 Å². The van der Waals surface area contributed by atoms with Crippen molar-refractivity contribution >= 4 is 12.6 Å². The van der Waals surface area contributed by atoms with Crippen LogP contribution in [0.5, 0.6) is 0 Å². The summed E-state index contributed by atoms with van der Waals surface area (Å²) in [4.78, 5) is 21.7. The number of hydrogen-bond acceptors (Lipinski definition) is 4. The first-order valence-corrected chi connectivity index (χ1v) is 46.7. The zero-order valence-electron chi connectivity index (χ0n) is 73.8. The lowest BCUT2D eigenvalue weighted by Gasteiger charge is -2.46. The highest BCUT2D eigenvalue weighted by Gasteiger charge is 2.57. The molecule has 4 heteroatoms. The molecule has 13 aliphatic rings. The molecule has 13 saturated carbocycles. The third kappa shape index (κ3) is 19.8. The molecule has 0 radical (unpaired) electrons. The maximum atomic E-state index is 11.0. The maximum Gasteiger partial charge on any atom is 0.123 e. The molecule has 0 bridgehead atoms. The summed E-state index contributed by atoms with van der Waals surface area (Å²) < 4.78 is 0. The number of hydrogen-bond donors (Lipinski definition) is 2. The van der Waals surface area contributed by atoms with Gasteiger partial charge in [-0.25, -0.2) is 0 Å². The Morgan fingerprint density at radius 2 is 0.830 bits per heavy atom. The van der Waals surface area contributed by atoms with Crippen LogP contribution in [0.3, 0.4) is 0 Å². The number of aliphatic hydroxyl groups is 2. The zero-order chi connectivity index (χ0) is 77.9. The Morgan fingerprint density at radius 1 is 0.443 bits per heavy atom. The highest BCUT2D eigenvalue weighted by Crippen LogP contribution is 2.65. The Morgan fingerprint density at radius 3 is 1.24 bits per heavy atom. The van der Waals surface area contributed by atoms with E-state index >= 15 is 0 Å². The van der Waals surface area contributed by atoms with E-state index in [0.29, 0.717) is 74.6 Å². The fourth-order valence-electron chi connectivity index (χ4n) is 30.1. The number of carbonyl (C=O) groups is 2. The molecule has 608 valence electrons. The Hall–Kier alpha value is -2.04. The van der Waals surface area contributed by atoms with Gasteiger partial charge >= 0.3 is 0 Å². The smallest absolute Gasteiger partial charge is 0.123 e. The summed E-state index contributed by atoms with van der Waals surface area (Å²) in [5.41, 5.74) is 7.54. The van der Waals surface area contributed by atoms with Crippen LogP contribution in [-0.2, 0) is 9.59 Å². The lowest BCUT2D eigenvalue weighted by Crippen LogP contribution is -2.38. The average molecular weight is 1470 g/mol. The summed E-state index contributed by atoms with van der Waals surface area (Å²) in [7, 11) is 0. The molecule has 31 atom stereocenters. The highest BCUT2D eigenvalue weighted by atomic mass is 16.3. The molecule has 13 aliphatic carbocycles. The zero-order valence-corrected chi connectivity index (χ0v) is 73.8. The second kappa shape index (κ2) is 39.3. The van der Waals surface area contributed by atoms with Crippen LogP contribution in [0.15, 0.2) is 60.3 Å².